The molecule has 0 saturated heterocycles. The van der Waals surface area contributed by atoms with Crippen LogP contribution in [-0.4, -0.2) is 12.5 Å². The van der Waals surface area contributed by atoms with Gasteiger partial charge in [-0.1, -0.05) is 54.6 Å². The van der Waals surface area contributed by atoms with Gasteiger partial charge in [0, 0.05) is 11.4 Å². The Morgan fingerprint density at radius 2 is 1.65 bits per heavy atom. The van der Waals surface area contributed by atoms with Crippen molar-refractivity contribution in [2.75, 3.05) is 17.2 Å². The molecule has 3 aromatic rings. The van der Waals surface area contributed by atoms with Crippen molar-refractivity contribution in [1.82, 2.24) is 0 Å². The van der Waals surface area contributed by atoms with E-state index in [1.165, 1.54) is 17.7 Å². The molecule has 0 aromatic heterocycles. The highest BCUT2D eigenvalue weighted by atomic mass is 19.1. The standard InChI is InChI=1S/C22H21FN2O/c1-16-11-12-19(23)14-21(16)24-15-22(26)25-20-10-6-5-9-18(20)13-17-7-3-2-4-8-17/h2-12,14,24H,13,15H2,1H3,(H,25,26). The van der Waals surface area contributed by atoms with E-state index in [1.54, 1.807) is 6.07 Å². The molecular formula is C22H21FN2O. The normalized spacial score (nSPS) is 10.4. The van der Waals surface area contributed by atoms with E-state index in [0.29, 0.717) is 5.69 Å². The lowest BCUT2D eigenvalue weighted by Crippen LogP contribution is -2.22. The molecule has 0 spiro atoms. The Labute approximate surface area is 152 Å². The molecule has 0 aliphatic rings. The Kier molecular flexibility index (Phi) is 5.64. The summed E-state index contributed by atoms with van der Waals surface area (Å²) in [5.74, 6) is -0.499. The number of aryl methyl sites for hydroxylation is 1. The highest BCUT2D eigenvalue weighted by molar-refractivity contribution is 5.94. The second kappa shape index (κ2) is 8.30. The predicted molar refractivity (Wildman–Crippen MR) is 104 cm³/mol. The minimum Gasteiger partial charge on any atom is -0.376 e. The molecule has 0 unspecified atom stereocenters. The fourth-order valence-corrected chi connectivity index (χ4v) is 2.77. The van der Waals surface area contributed by atoms with Crippen LogP contribution in [0.2, 0.25) is 0 Å². The topological polar surface area (TPSA) is 41.1 Å². The van der Waals surface area contributed by atoms with E-state index in [2.05, 4.69) is 22.8 Å². The number of anilines is 2. The Balaban J connectivity index is 1.65. The Bertz CT molecular complexity index is 894. The molecule has 0 aliphatic heterocycles. The number of carbonyl (C=O) groups is 1. The highest BCUT2D eigenvalue weighted by Gasteiger charge is 2.08. The number of nitrogens with one attached hydrogen (secondary N) is 2. The number of hydrogen-bond acceptors (Lipinski definition) is 2. The van der Waals surface area contributed by atoms with Gasteiger partial charge in [0.05, 0.1) is 6.54 Å². The van der Waals surface area contributed by atoms with Crippen molar-refractivity contribution in [2.45, 2.75) is 13.3 Å². The molecule has 0 saturated carbocycles. The molecule has 0 aliphatic carbocycles. The molecular weight excluding hydrogens is 327 g/mol. The van der Waals surface area contributed by atoms with Gasteiger partial charge < -0.3 is 10.6 Å². The third-order valence-corrected chi connectivity index (χ3v) is 4.17. The van der Waals surface area contributed by atoms with Crippen molar-refractivity contribution < 1.29 is 9.18 Å². The van der Waals surface area contributed by atoms with Gasteiger partial charge in [0.15, 0.2) is 0 Å². The van der Waals surface area contributed by atoms with Gasteiger partial charge in [-0.2, -0.15) is 0 Å². The van der Waals surface area contributed by atoms with E-state index in [-0.39, 0.29) is 18.3 Å². The van der Waals surface area contributed by atoms with Gasteiger partial charge in [-0.15, -0.1) is 0 Å². The first kappa shape index (κ1) is 17.7. The fourth-order valence-electron chi connectivity index (χ4n) is 2.77. The lowest BCUT2D eigenvalue weighted by Gasteiger charge is -2.13. The maximum Gasteiger partial charge on any atom is 0.243 e. The summed E-state index contributed by atoms with van der Waals surface area (Å²) in [6.07, 6.45) is 0.744. The van der Waals surface area contributed by atoms with E-state index >= 15 is 0 Å². The van der Waals surface area contributed by atoms with Crippen molar-refractivity contribution in [3.8, 4) is 0 Å². The Morgan fingerprint density at radius 3 is 2.46 bits per heavy atom. The van der Waals surface area contributed by atoms with Crippen LogP contribution in [0.4, 0.5) is 15.8 Å². The average Bonchev–Trinajstić information content (AvgIpc) is 2.65. The molecule has 3 rings (SSSR count). The molecule has 0 radical (unpaired) electrons. The number of halogens is 1. The fraction of sp³-hybridized carbons (Fsp3) is 0.136. The van der Waals surface area contributed by atoms with Gasteiger partial charge in [0.1, 0.15) is 5.82 Å². The zero-order chi connectivity index (χ0) is 18.4. The summed E-state index contributed by atoms with van der Waals surface area (Å²) in [7, 11) is 0. The maximum atomic E-state index is 13.3. The van der Waals surface area contributed by atoms with Crippen LogP contribution in [0.25, 0.3) is 0 Å². The van der Waals surface area contributed by atoms with E-state index < -0.39 is 0 Å². The monoisotopic (exact) mass is 348 g/mol. The molecule has 26 heavy (non-hydrogen) atoms. The summed E-state index contributed by atoms with van der Waals surface area (Å²) in [6, 6.07) is 22.4. The number of benzene rings is 3. The highest BCUT2D eigenvalue weighted by Crippen LogP contribution is 2.19. The second-order valence-corrected chi connectivity index (χ2v) is 6.18. The number of carbonyl (C=O) groups excluding carboxylic acids is 1. The zero-order valence-electron chi connectivity index (χ0n) is 14.6. The first-order chi connectivity index (χ1) is 12.6. The molecule has 0 fully saturated rings. The van der Waals surface area contributed by atoms with Gasteiger partial charge in [0.2, 0.25) is 5.91 Å². The number of para-hydroxylation sites is 1. The average molecular weight is 348 g/mol. The number of amides is 1. The van der Waals surface area contributed by atoms with Crippen molar-refractivity contribution in [3.05, 3.63) is 95.3 Å². The zero-order valence-corrected chi connectivity index (χ0v) is 14.6. The van der Waals surface area contributed by atoms with E-state index in [9.17, 15) is 9.18 Å². The molecule has 0 heterocycles. The quantitative estimate of drug-likeness (QED) is 0.673. The summed E-state index contributed by atoms with van der Waals surface area (Å²) in [5, 5.41) is 5.93. The first-order valence-electron chi connectivity index (χ1n) is 8.53. The van der Waals surface area contributed by atoms with Crippen molar-refractivity contribution in [1.29, 1.82) is 0 Å². The summed E-state index contributed by atoms with van der Waals surface area (Å²) in [5.41, 5.74) is 4.54. The Hall–Kier alpha value is -3.14. The number of hydrogen-bond donors (Lipinski definition) is 2. The van der Waals surface area contributed by atoms with Gasteiger partial charge in [-0.25, -0.2) is 4.39 Å². The van der Waals surface area contributed by atoms with Crippen molar-refractivity contribution >= 4 is 17.3 Å². The van der Waals surface area contributed by atoms with Gasteiger partial charge in [-0.05, 0) is 48.2 Å². The van der Waals surface area contributed by atoms with Gasteiger partial charge in [0.25, 0.3) is 0 Å². The summed E-state index contributed by atoms with van der Waals surface area (Å²) in [4.78, 5) is 12.3. The van der Waals surface area contributed by atoms with Crippen LogP contribution < -0.4 is 10.6 Å². The smallest absolute Gasteiger partial charge is 0.243 e. The van der Waals surface area contributed by atoms with Crippen LogP contribution in [0.3, 0.4) is 0 Å². The lowest BCUT2D eigenvalue weighted by molar-refractivity contribution is -0.114. The molecule has 0 bridgehead atoms. The molecule has 4 heteroatoms. The van der Waals surface area contributed by atoms with Crippen molar-refractivity contribution in [2.24, 2.45) is 0 Å². The SMILES string of the molecule is Cc1ccc(F)cc1NCC(=O)Nc1ccccc1Cc1ccccc1. The van der Waals surface area contributed by atoms with Crippen molar-refractivity contribution in [3.63, 3.8) is 0 Å². The maximum absolute atomic E-state index is 13.3. The van der Waals surface area contributed by atoms with E-state index in [1.807, 2.05) is 49.4 Å². The minimum absolute atomic E-state index is 0.0734. The Morgan fingerprint density at radius 1 is 0.923 bits per heavy atom. The molecule has 0 atom stereocenters. The molecule has 3 aromatic carbocycles. The largest absolute Gasteiger partial charge is 0.376 e. The van der Waals surface area contributed by atoms with E-state index in [0.717, 1.165) is 23.2 Å². The third kappa shape index (κ3) is 4.70. The van der Waals surface area contributed by atoms with Crippen LogP contribution in [0.5, 0.6) is 0 Å². The first-order valence-corrected chi connectivity index (χ1v) is 8.53. The summed E-state index contributed by atoms with van der Waals surface area (Å²) < 4.78 is 13.3. The lowest BCUT2D eigenvalue weighted by atomic mass is 10.0. The molecule has 2 N–H and O–H groups in total. The van der Waals surface area contributed by atoms with Gasteiger partial charge in [-0.3, -0.25) is 4.79 Å². The van der Waals surface area contributed by atoms with Crippen LogP contribution in [0.1, 0.15) is 16.7 Å². The summed E-state index contributed by atoms with van der Waals surface area (Å²) in [6.45, 7) is 1.94. The van der Waals surface area contributed by atoms with Crippen LogP contribution in [0, 0.1) is 12.7 Å². The molecule has 132 valence electrons. The molecule has 3 nitrogen and oxygen atoms in total. The molecule has 1 amide bonds. The summed E-state index contributed by atoms with van der Waals surface area (Å²) >= 11 is 0. The van der Waals surface area contributed by atoms with E-state index in [4.69, 9.17) is 0 Å². The second-order valence-electron chi connectivity index (χ2n) is 6.18. The predicted octanol–water partition coefficient (Wildman–Crippen LogP) is 4.78. The van der Waals surface area contributed by atoms with Crippen LogP contribution in [0.15, 0.2) is 72.8 Å². The number of rotatable bonds is 6. The van der Waals surface area contributed by atoms with Crippen LogP contribution >= 0.6 is 0 Å². The third-order valence-electron chi connectivity index (χ3n) is 4.17. The minimum atomic E-state index is -0.327. The van der Waals surface area contributed by atoms with Gasteiger partial charge >= 0.3 is 0 Å². The van der Waals surface area contributed by atoms with Crippen LogP contribution in [-0.2, 0) is 11.2 Å².